The van der Waals surface area contributed by atoms with Crippen molar-refractivity contribution in [1.29, 1.82) is 5.26 Å². The third-order valence-corrected chi connectivity index (χ3v) is 6.30. The number of nitriles is 1. The number of carbonyl (C=O) groups excluding carboxylic acids is 1. The summed E-state index contributed by atoms with van der Waals surface area (Å²) in [6.07, 6.45) is 4.75. The average Bonchev–Trinajstić information content (AvgIpc) is 2.77. The fourth-order valence-corrected chi connectivity index (χ4v) is 4.81. The van der Waals surface area contributed by atoms with Crippen molar-refractivity contribution in [2.45, 2.75) is 51.1 Å². The monoisotopic (exact) mass is 433 g/mol. The summed E-state index contributed by atoms with van der Waals surface area (Å²) in [4.78, 5) is 35.9. The zero-order chi connectivity index (χ0) is 22.8. The molecule has 0 spiro atoms. The van der Waals surface area contributed by atoms with E-state index in [1.54, 1.807) is 30.3 Å². The number of hydrogen-bond acceptors (Lipinski definition) is 6. The number of nitrogens with one attached hydrogen (secondary N) is 2. The van der Waals surface area contributed by atoms with Gasteiger partial charge in [-0.3, -0.25) is 14.6 Å². The Kier molecular flexibility index (Phi) is 5.99. The van der Waals surface area contributed by atoms with Gasteiger partial charge in [0.2, 0.25) is 11.9 Å². The Bertz CT molecular complexity index is 1130. The van der Waals surface area contributed by atoms with Crippen molar-refractivity contribution < 1.29 is 9.53 Å². The summed E-state index contributed by atoms with van der Waals surface area (Å²) in [7, 11) is 0. The van der Waals surface area contributed by atoms with Gasteiger partial charge in [-0.25, -0.2) is 0 Å². The van der Waals surface area contributed by atoms with Gasteiger partial charge in [0, 0.05) is 23.6 Å². The van der Waals surface area contributed by atoms with Crippen LogP contribution < -0.4 is 20.5 Å². The number of aromatic nitrogens is 2. The zero-order valence-electron chi connectivity index (χ0n) is 18.3. The highest BCUT2D eigenvalue weighted by molar-refractivity contribution is 5.98. The molecule has 0 aliphatic carbocycles. The van der Waals surface area contributed by atoms with Crippen LogP contribution in [0.3, 0.4) is 0 Å². The summed E-state index contributed by atoms with van der Waals surface area (Å²) >= 11 is 0. The van der Waals surface area contributed by atoms with Crippen LogP contribution in [0.4, 0.5) is 11.8 Å². The van der Waals surface area contributed by atoms with Gasteiger partial charge in [0.15, 0.2) is 0 Å². The topological polar surface area (TPSA) is 111 Å². The number of aromatic amines is 1. The first-order valence-corrected chi connectivity index (χ1v) is 10.9. The Balaban J connectivity index is 1.86. The van der Waals surface area contributed by atoms with E-state index < -0.39 is 17.7 Å². The predicted octanol–water partition coefficient (Wildman–Crippen LogP) is 3.33. The molecule has 1 amide bonds. The first-order valence-electron chi connectivity index (χ1n) is 10.9. The third-order valence-electron chi connectivity index (χ3n) is 6.30. The van der Waals surface area contributed by atoms with Gasteiger partial charge in [-0.1, -0.05) is 30.9 Å². The first-order chi connectivity index (χ1) is 15.5. The lowest BCUT2D eigenvalue weighted by molar-refractivity contribution is -0.119. The molecule has 1 saturated heterocycles. The van der Waals surface area contributed by atoms with Gasteiger partial charge in [-0.15, -0.1) is 0 Å². The average molecular weight is 434 g/mol. The van der Waals surface area contributed by atoms with E-state index in [9.17, 15) is 14.9 Å². The summed E-state index contributed by atoms with van der Waals surface area (Å²) in [5.74, 6) is -1.22. The second kappa shape index (κ2) is 8.87. The van der Waals surface area contributed by atoms with Crippen molar-refractivity contribution in [3.63, 3.8) is 0 Å². The summed E-state index contributed by atoms with van der Waals surface area (Å²) in [5, 5.41) is 12.5. The Labute approximate surface area is 186 Å². The van der Waals surface area contributed by atoms with Crippen LogP contribution in [0.15, 0.2) is 41.7 Å². The highest BCUT2D eigenvalue weighted by atomic mass is 16.5. The van der Waals surface area contributed by atoms with E-state index in [0.717, 1.165) is 19.3 Å². The van der Waals surface area contributed by atoms with E-state index in [1.807, 2.05) is 0 Å². The fraction of sp³-hybridized carbons (Fsp3) is 0.417. The maximum Gasteiger partial charge on any atom is 0.258 e. The molecular weight excluding hydrogens is 406 g/mol. The highest BCUT2D eigenvalue weighted by Gasteiger charge is 2.42. The molecule has 4 rings (SSSR count). The van der Waals surface area contributed by atoms with Crippen molar-refractivity contribution in [3.8, 4) is 11.8 Å². The number of nitrogens with zero attached hydrogens (tertiary/aromatic N) is 3. The van der Waals surface area contributed by atoms with Crippen LogP contribution in [0, 0.1) is 17.2 Å². The molecule has 2 aliphatic heterocycles. The Morgan fingerprint density at radius 2 is 2.00 bits per heavy atom. The molecule has 1 fully saturated rings. The second-order valence-corrected chi connectivity index (χ2v) is 8.40. The molecule has 1 aromatic heterocycles. The number of amides is 1. The minimum atomic E-state index is -1.09. The van der Waals surface area contributed by atoms with Crippen LogP contribution in [-0.4, -0.2) is 34.6 Å². The molecule has 2 N–H and O–H groups in total. The number of H-pyrrole nitrogens is 1. The molecule has 0 bridgehead atoms. The van der Waals surface area contributed by atoms with E-state index in [-0.39, 0.29) is 35.6 Å². The molecule has 3 heterocycles. The lowest BCUT2D eigenvalue weighted by Gasteiger charge is -2.40. The number of anilines is 2. The number of para-hydroxylation sites is 1. The van der Waals surface area contributed by atoms with Crippen molar-refractivity contribution in [3.05, 3.63) is 58.4 Å². The number of benzene rings is 1. The standard InChI is InChI=1S/C24H27N5O3/c1-4-12-32-18-11-6-5-10-16(18)19-17(13-25)22(30)26-21-20(19)23(31)28-24(27-21)29-14(2)8-7-9-15(29)3/h4-6,10-11,14-15,17,19H,1,7-9,12H2,2-3H3,(H2,26,27,28,30,31). The molecule has 1 aromatic carbocycles. The number of rotatable bonds is 5. The first kappa shape index (κ1) is 21.6. The van der Waals surface area contributed by atoms with Gasteiger partial charge in [0.1, 0.15) is 24.1 Å². The normalized spacial score (nSPS) is 24.8. The smallest absolute Gasteiger partial charge is 0.258 e. The van der Waals surface area contributed by atoms with Crippen LogP contribution in [-0.2, 0) is 4.79 Å². The van der Waals surface area contributed by atoms with Crippen molar-refractivity contribution in [2.75, 3.05) is 16.8 Å². The fourth-order valence-electron chi connectivity index (χ4n) is 4.81. The SMILES string of the molecule is C=CCOc1ccccc1C1c2c(nc(N3C(C)CCCC3C)[nH]c2=O)NC(=O)C1C#N. The molecule has 4 unspecified atom stereocenters. The summed E-state index contributed by atoms with van der Waals surface area (Å²) < 4.78 is 5.77. The Morgan fingerprint density at radius 1 is 1.28 bits per heavy atom. The molecule has 8 heteroatoms. The maximum absolute atomic E-state index is 13.4. The minimum absolute atomic E-state index is 0.203. The number of carbonyl (C=O) groups is 1. The van der Waals surface area contributed by atoms with E-state index in [0.29, 0.717) is 17.3 Å². The Hall–Kier alpha value is -3.60. The van der Waals surface area contributed by atoms with E-state index in [1.165, 1.54) is 0 Å². The van der Waals surface area contributed by atoms with Crippen LogP contribution in [0.1, 0.15) is 50.2 Å². The van der Waals surface area contributed by atoms with E-state index >= 15 is 0 Å². The van der Waals surface area contributed by atoms with Crippen LogP contribution >= 0.6 is 0 Å². The predicted molar refractivity (Wildman–Crippen MR) is 122 cm³/mol. The zero-order valence-corrected chi connectivity index (χ0v) is 18.3. The number of hydrogen-bond donors (Lipinski definition) is 2. The molecular formula is C24H27N5O3. The molecule has 4 atom stereocenters. The molecule has 2 aromatic rings. The van der Waals surface area contributed by atoms with Crippen molar-refractivity contribution in [1.82, 2.24) is 9.97 Å². The largest absolute Gasteiger partial charge is 0.489 e. The maximum atomic E-state index is 13.4. The van der Waals surface area contributed by atoms with E-state index in [4.69, 9.17) is 4.74 Å². The van der Waals surface area contributed by atoms with Gasteiger partial charge >= 0.3 is 0 Å². The summed E-state index contributed by atoms with van der Waals surface area (Å²) in [6, 6.07) is 9.63. The summed E-state index contributed by atoms with van der Waals surface area (Å²) in [6.45, 7) is 8.14. The molecule has 166 valence electrons. The molecule has 0 radical (unpaired) electrons. The highest BCUT2D eigenvalue weighted by Crippen LogP contribution is 2.42. The molecule has 0 saturated carbocycles. The lowest BCUT2D eigenvalue weighted by Crippen LogP contribution is -2.46. The van der Waals surface area contributed by atoms with Gasteiger partial charge in [0.05, 0.1) is 11.6 Å². The summed E-state index contributed by atoms with van der Waals surface area (Å²) in [5.41, 5.74) is 0.502. The second-order valence-electron chi connectivity index (χ2n) is 8.40. The van der Waals surface area contributed by atoms with E-state index in [2.05, 4.69) is 46.7 Å². The van der Waals surface area contributed by atoms with Crippen LogP contribution in [0.25, 0.3) is 0 Å². The van der Waals surface area contributed by atoms with Crippen LogP contribution in [0.2, 0.25) is 0 Å². The number of fused-ring (bicyclic) bond motifs is 1. The lowest BCUT2D eigenvalue weighted by atomic mass is 9.79. The van der Waals surface area contributed by atoms with Crippen molar-refractivity contribution in [2.24, 2.45) is 5.92 Å². The van der Waals surface area contributed by atoms with Crippen LogP contribution in [0.5, 0.6) is 5.75 Å². The molecule has 32 heavy (non-hydrogen) atoms. The quantitative estimate of drug-likeness (QED) is 0.700. The van der Waals surface area contributed by atoms with Gasteiger partial charge < -0.3 is 15.0 Å². The minimum Gasteiger partial charge on any atom is -0.489 e. The Morgan fingerprint density at radius 3 is 2.69 bits per heavy atom. The molecule has 8 nitrogen and oxygen atoms in total. The third kappa shape index (κ3) is 3.75. The number of ether oxygens (including phenoxy) is 1. The number of piperidine rings is 1. The van der Waals surface area contributed by atoms with Gasteiger partial charge in [0.25, 0.3) is 5.56 Å². The molecule has 2 aliphatic rings. The van der Waals surface area contributed by atoms with Gasteiger partial charge in [-0.05, 0) is 39.2 Å². The van der Waals surface area contributed by atoms with Crippen molar-refractivity contribution >= 4 is 17.7 Å². The van der Waals surface area contributed by atoms with Gasteiger partial charge in [-0.2, -0.15) is 10.2 Å².